The van der Waals surface area contributed by atoms with Crippen LogP contribution < -0.4 is 5.73 Å². The van der Waals surface area contributed by atoms with Crippen LogP contribution in [0, 0.1) is 0 Å². The van der Waals surface area contributed by atoms with Crippen LogP contribution in [0.4, 0.5) is 5.82 Å². The predicted molar refractivity (Wildman–Crippen MR) is 86.2 cm³/mol. The summed E-state index contributed by atoms with van der Waals surface area (Å²) in [6.07, 6.45) is 6.76. The number of nitrogen functional groups attached to an aromatic ring is 1. The number of anilines is 1. The Bertz CT molecular complexity index is 575. The number of aryl methyl sites for hydroxylation is 1. The molecule has 0 amide bonds. The highest BCUT2D eigenvalue weighted by Gasteiger charge is 2.15. The molecule has 0 bridgehead atoms. The Balaban J connectivity index is 2.13. The molecule has 0 fully saturated rings. The molecule has 4 heteroatoms. The van der Waals surface area contributed by atoms with Crippen LogP contribution >= 0.6 is 0 Å². The van der Waals surface area contributed by atoms with E-state index in [0.29, 0.717) is 17.1 Å². The van der Waals surface area contributed by atoms with Crippen LogP contribution in [0.25, 0.3) is 11.3 Å². The van der Waals surface area contributed by atoms with Crippen LogP contribution in [0.15, 0.2) is 30.3 Å². The number of aromatic nitrogens is 2. The lowest BCUT2D eigenvalue weighted by atomic mass is 10.1. The Morgan fingerprint density at radius 1 is 1.14 bits per heavy atom. The van der Waals surface area contributed by atoms with Crippen LogP contribution in [0.3, 0.4) is 0 Å². The summed E-state index contributed by atoms with van der Waals surface area (Å²) < 4.78 is 1.76. The van der Waals surface area contributed by atoms with Crippen LogP contribution in [0.1, 0.15) is 49.4 Å². The van der Waals surface area contributed by atoms with Crippen LogP contribution in [0.2, 0.25) is 0 Å². The van der Waals surface area contributed by atoms with E-state index in [1.54, 1.807) is 4.68 Å². The molecule has 0 aliphatic rings. The summed E-state index contributed by atoms with van der Waals surface area (Å²) in [6.45, 7) is 2.97. The van der Waals surface area contributed by atoms with Crippen LogP contribution in [-0.4, -0.2) is 16.1 Å². The van der Waals surface area contributed by atoms with Gasteiger partial charge in [-0.1, -0.05) is 62.9 Å². The third-order valence-electron chi connectivity index (χ3n) is 3.67. The summed E-state index contributed by atoms with van der Waals surface area (Å²) in [4.78, 5) is 11.3. The largest absolute Gasteiger partial charge is 0.383 e. The molecule has 0 atom stereocenters. The molecule has 1 aromatic heterocycles. The molecule has 0 radical (unpaired) electrons. The lowest BCUT2D eigenvalue weighted by Gasteiger charge is -2.03. The molecule has 0 unspecified atom stereocenters. The Hall–Kier alpha value is -2.10. The number of nitrogens with two attached hydrogens (primary N) is 1. The third-order valence-corrected chi connectivity index (χ3v) is 3.67. The van der Waals surface area contributed by atoms with Crippen molar-refractivity contribution in [3.8, 4) is 11.3 Å². The molecule has 1 heterocycles. The Morgan fingerprint density at radius 3 is 2.52 bits per heavy atom. The number of hydrogen-bond acceptors (Lipinski definition) is 3. The Morgan fingerprint density at radius 2 is 1.86 bits per heavy atom. The number of carbonyl (C=O) groups is 1. The van der Waals surface area contributed by atoms with Gasteiger partial charge in [-0.25, -0.2) is 4.68 Å². The van der Waals surface area contributed by atoms with Gasteiger partial charge in [0.25, 0.3) is 0 Å². The molecule has 0 aliphatic heterocycles. The minimum atomic E-state index is 0.472. The molecular formula is C17H23N3O. The highest BCUT2D eigenvalue weighted by Crippen LogP contribution is 2.25. The summed E-state index contributed by atoms with van der Waals surface area (Å²) in [5.74, 6) is 0.472. The molecule has 0 saturated heterocycles. The van der Waals surface area contributed by atoms with E-state index in [1.165, 1.54) is 25.7 Å². The van der Waals surface area contributed by atoms with E-state index >= 15 is 0 Å². The maximum Gasteiger partial charge on any atom is 0.156 e. The summed E-state index contributed by atoms with van der Waals surface area (Å²) in [5, 5.41) is 4.53. The average molecular weight is 285 g/mol. The third kappa shape index (κ3) is 3.72. The molecule has 0 saturated carbocycles. The lowest BCUT2D eigenvalue weighted by molar-refractivity contribution is 0.112. The minimum Gasteiger partial charge on any atom is -0.383 e. The Kier molecular flexibility index (Phi) is 5.55. The van der Waals surface area contributed by atoms with Crippen molar-refractivity contribution < 1.29 is 4.79 Å². The second kappa shape index (κ2) is 7.62. The van der Waals surface area contributed by atoms with Gasteiger partial charge in [-0.3, -0.25) is 4.79 Å². The maximum absolute atomic E-state index is 11.3. The van der Waals surface area contributed by atoms with Crippen LogP contribution in [-0.2, 0) is 6.54 Å². The van der Waals surface area contributed by atoms with E-state index < -0.39 is 0 Å². The SMILES string of the molecule is CCCCCCCn1nc(-c2ccccc2)c(C=O)c1N. The first-order valence-electron chi connectivity index (χ1n) is 7.64. The fraction of sp³-hybridized carbons (Fsp3) is 0.412. The first-order chi connectivity index (χ1) is 10.3. The molecule has 2 rings (SSSR count). The lowest BCUT2D eigenvalue weighted by Crippen LogP contribution is -2.05. The molecule has 1 aromatic carbocycles. The van der Waals surface area contributed by atoms with Crippen molar-refractivity contribution in [2.75, 3.05) is 5.73 Å². The molecule has 112 valence electrons. The van der Waals surface area contributed by atoms with Gasteiger partial charge in [0.1, 0.15) is 11.5 Å². The second-order valence-electron chi connectivity index (χ2n) is 5.27. The Labute approximate surface area is 126 Å². The van der Waals surface area contributed by atoms with Gasteiger partial charge < -0.3 is 5.73 Å². The number of benzene rings is 1. The monoisotopic (exact) mass is 285 g/mol. The van der Waals surface area contributed by atoms with E-state index in [2.05, 4.69) is 12.0 Å². The van der Waals surface area contributed by atoms with Crippen molar-refractivity contribution >= 4 is 12.1 Å². The van der Waals surface area contributed by atoms with Gasteiger partial charge in [-0.15, -0.1) is 0 Å². The van der Waals surface area contributed by atoms with Gasteiger partial charge in [0.2, 0.25) is 0 Å². The molecule has 2 N–H and O–H groups in total. The van der Waals surface area contributed by atoms with Crippen molar-refractivity contribution in [3.63, 3.8) is 0 Å². The van der Waals surface area contributed by atoms with Crippen molar-refractivity contribution in [2.24, 2.45) is 0 Å². The van der Waals surface area contributed by atoms with Crippen LogP contribution in [0.5, 0.6) is 0 Å². The molecule has 2 aromatic rings. The maximum atomic E-state index is 11.3. The first-order valence-corrected chi connectivity index (χ1v) is 7.64. The molecule has 0 aliphatic carbocycles. The van der Waals surface area contributed by atoms with Gasteiger partial charge in [0.05, 0.1) is 5.56 Å². The van der Waals surface area contributed by atoms with Crippen molar-refractivity contribution in [1.29, 1.82) is 0 Å². The number of unbranched alkanes of at least 4 members (excludes halogenated alkanes) is 4. The summed E-state index contributed by atoms with van der Waals surface area (Å²) in [6, 6.07) is 9.70. The fourth-order valence-electron chi connectivity index (χ4n) is 2.45. The molecular weight excluding hydrogens is 262 g/mol. The van der Waals surface area contributed by atoms with Crippen molar-refractivity contribution in [1.82, 2.24) is 9.78 Å². The van der Waals surface area contributed by atoms with Gasteiger partial charge in [0.15, 0.2) is 6.29 Å². The predicted octanol–water partition coefficient (Wildman–Crippen LogP) is 3.92. The number of nitrogens with zero attached hydrogens (tertiary/aromatic N) is 2. The van der Waals surface area contributed by atoms with Crippen molar-refractivity contribution in [2.45, 2.75) is 45.6 Å². The van der Waals surface area contributed by atoms with Gasteiger partial charge in [-0.2, -0.15) is 5.10 Å². The van der Waals surface area contributed by atoms with E-state index in [9.17, 15) is 4.79 Å². The smallest absolute Gasteiger partial charge is 0.156 e. The highest BCUT2D eigenvalue weighted by molar-refractivity contribution is 5.91. The van der Waals surface area contributed by atoms with E-state index in [4.69, 9.17) is 5.73 Å². The molecule has 4 nitrogen and oxygen atoms in total. The minimum absolute atomic E-state index is 0.472. The quantitative estimate of drug-likeness (QED) is 0.590. The van der Waals surface area contributed by atoms with Gasteiger partial charge in [0, 0.05) is 12.1 Å². The molecule has 0 spiro atoms. The summed E-state index contributed by atoms with van der Waals surface area (Å²) in [5.41, 5.74) is 8.16. The van der Waals surface area contributed by atoms with Gasteiger partial charge >= 0.3 is 0 Å². The standard InChI is InChI=1S/C17H23N3O/c1-2-3-4-5-9-12-20-17(18)15(13-21)16(19-20)14-10-7-6-8-11-14/h6-8,10-11,13H,2-5,9,12,18H2,1H3. The molecule has 21 heavy (non-hydrogen) atoms. The topological polar surface area (TPSA) is 60.9 Å². The number of rotatable bonds is 8. The first kappa shape index (κ1) is 15.3. The zero-order valence-corrected chi connectivity index (χ0v) is 12.6. The van der Waals surface area contributed by atoms with Gasteiger partial charge in [-0.05, 0) is 6.42 Å². The normalized spacial score (nSPS) is 10.7. The summed E-state index contributed by atoms with van der Waals surface area (Å²) in [7, 11) is 0. The van der Waals surface area contributed by atoms with E-state index in [-0.39, 0.29) is 0 Å². The number of carbonyl (C=O) groups excluding carboxylic acids is 1. The number of aldehydes is 1. The number of hydrogen-bond donors (Lipinski definition) is 1. The fourth-order valence-corrected chi connectivity index (χ4v) is 2.45. The summed E-state index contributed by atoms with van der Waals surface area (Å²) >= 11 is 0. The highest BCUT2D eigenvalue weighted by atomic mass is 16.1. The second-order valence-corrected chi connectivity index (χ2v) is 5.27. The zero-order chi connectivity index (χ0) is 15.1. The average Bonchev–Trinajstić information content (AvgIpc) is 2.84. The van der Waals surface area contributed by atoms with Crippen molar-refractivity contribution in [3.05, 3.63) is 35.9 Å². The van der Waals surface area contributed by atoms with E-state index in [1.807, 2.05) is 30.3 Å². The van der Waals surface area contributed by atoms with E-state index in [0.717, 1.165) is 24.8 Å². The zero-order valence-electron chi connectivity index (χ0n) is 12.6.